The van der Waals surface area contributed by atoms with Gasteiger partial charge in [0.25, 0.3) is 5.56 Å². The fourth-order valence-corrected chi connectivity index (χ4v) is 3.51. The fraction of sp³-hybridized carbons (Fsp3) is 0.176. The molecule has 0 aliphatic carbocycles. The Morgan fingerprint density at radius 3 is 2.83 bits per heavy atom. The zero-order chi connectivity index (χ0) is 16.5. The van der Waals surface area contributed by atoms with E-state index in [1.807, 2.05) is 43.3 Å². The monoisotopic (exact) mass is 338 g/mol. The lowest BCUT2D eigenvalue weighted by atomic mass is 10.2. The van der Waals surface area contributed by atoms with E-state index in [1.54, 1.807) is 0 Å². The molecule has 0 N–H and O–H groups in total. The summed E-state index contributed by atoms with van der Waals surface area (Å²) in [5.74, 6) is 1.05. The average molecular weight is 338 g/mol. The Morgan fingerprint density at radius 2 is 2.08 bits per heavy atom. The van der Waals surface area contributed by atoms with Gasteiger partial charge in [0.2, 0.25) is 5.89 Å². The van der Waals surface area contributed by atoms with Crippen molar-refractivity contribution in [2.24, 2.45) is 0 Å². The molecule has 0 radical (unpaired) electrons. The van der Waals surface area contributed by atoms with Gasteiger partial charge in [0.05, 0.1) is 11.8 Å². The number of hydrogen-bond acceptors (Lipinski definition) is 6. The highest BCUT2D eigenvalue weighted by molar-refractivity contribution is 7.22. The first-order chi connectivity index (χ1) is 11.7. The van der Waals surface area contributed by atoms with Crippen molar-refractivity contribution >= 4 is 21.6 Å². The first-order valence-corrected chi connectivity index (χ1v) is 8.42. The highest BCUT2D eigenvalue weighted by Gasteiger charge is 2.12. The summed E-state index contributed by atoms with van der Waals surface area (Å²) < 4.78 is 7.29. The van der Waals surface area contributed by atoms with E-state index in [2.05, 4.69) is 15.1 Å². The first-order valence-electron chi connectivity index (χ1n) is 7.60. The SMILES string of the molecule is CCc1noc(Cn2cnc3cc(-c4ccccc4)sc3c2=O)n1. The predicted octanol–water partition coefficient (Wildman–Crippen LogP) is 3.12. The molecule has 0 spiro atoms. The number of aromatic nitrogens is 4. The van der Waals surface area contributed by atoms with Crippen LogP contribution in [0, 0.1) is 0 Å². The van der Waals surface area contributed by atoms with E-state index in [0.29, 0.717) is 28.4 Å². The summed E-state index contributed by atoms with van der Waals surface area (Å²) in [5.41, 5.74) is 1.69. The molecule has 0 fully saturated rings. The molecule has 6 nitrogen and oxygen atoms in total. The van der Waals surface area contributed by atoms with Crippen LogP contribution in [0.2, 0.25) is 0 Å². The molecule has 0 bridgehead atoms. The molecule has 3 aromatic heterocycles. The number of benzene rings is 1. The molecular weight excluding hydrogens is 324 g/mol. The van der Waals surface area contributed by atoms with Crippen molar-refractivity contribution in [3.63, 3.8) is 0 Å². The lowest BCUT2D eigenvalue weighted by Crippen LogP contribution is -2.20. The number of hydrogen-bond donors (Lipinski definition) is 0. The molecule has 24 heavy (non-hydrogen) atoms. The molecule has 0 aliphatic heterocycles. The third-order valence-corrected chi connectivity index (χ3v) is 4.86. The molecule has 3 heterocycles. The number of fused-ring (bicyclic) bond motifs is 1. The normalized spacial score (nSPS) is 11.2. The Morgan fingerprint density at radius 1 is 1.25 bits per heavy atom. The molecule has 120 valence electrons. The summed E-state index contributed by atoms with van der Waals surface area (Å²) in [7, 11) is 0. The van der Waals surface area contributed by atoms with Gasteiger partial charge >= 0.3 is 0 Å². The van der Waals surface area contributed by atoms with Crippen LogP contribution in [0.4, 0.5) is 0 Å². The second-order valence-electron chi connectivity index (χ2n) is 5.33. The highest BCUT2D eigenvalue weighted by Crippen LogP contribution is 2.30. The Hall–Kier alpha value is -2.80. The molecule has 0 saturated heterocycles. The minimum absolute atomic E-state index is 0.0940. The smallest absolute Gasteiger partial charge is 0.271 e. The number of aryl methyl sites for hydroxylation is 1. The summed E-state index contributed by atoms with van der Waals surface area (Å²) in [5, 5.41) is 3.85. The Labute approximate surface area is 141 Å². The molecule has 1 aromatic carbocycles. The van der Waals surface area contributed by atoms with Crippen LogP contribution in [-0.4, -0.2) is 19.7 Å². The van der Waals surface area contributed by atoms with E-state index < -0.39 is 0 Å². The molecule has 0 amide bonds. The van der Waals surface area contributed by atoms with E-state index in [-0.39, 0.29) is 12.1 Å². The van der Waals surface area contributed by atoms with Crippen molar-refractivity contribution in [2.45, 2.75) is 19.9 Å². The highest BCUT2D eigenvalue weighted by atomic mass is 32.1. The van der Waals surface area contributed by atoms with Gasteiger partial charge in [-0.1, -0.05) is 42.4 Å². The quantitative estimate of drug-likeness (QED) is 0.571. The minimum Gasteiger partial charge on any atom is -0.337 e. The van der Waals surface area contributed by atoms with E-state index in [0.717, 1.165) is 10.4 Å². The van der Waals surface area contributed by atoms with Crippen molar-refractivity contribution in [1.82, 2.24) is 19.7 Å². The van der Waals surface area contributed by atoms with E-state index in [9.17, 15) is 4.79 Å². The van der Waals surface area contributed by atoms with Crippen LogP contribution in [0.3, 0.4) is 0 Å². The second-order valence-corrected chi connectivity index (χ2v) is 6.38. The molecule has 4 rings (SSSR count). The van der Waals surface area contributed by atoms with Gasteiger partial charge in [0.1, 0.15) is 11.2 Å². The Kier molecular flexibility index (Phi) is 3.70. The second kappa shape index (κ2) is 6.01. The molecule has 7 heteroatoms. The summed E-state index contributed by atoms with van der Waals surface area (Å²) in [6, 6.07) is 11.9. The van der Waals surface area contributed by atoms with Gasteiger partial charge in [-0.15, -0.1) is 11.3 Å². The maximum absolute atomic E-state index is 12.7. The van der Waals surface area contributed by atoms with Gasteiger partial charge in [0, 0.05) is 11.3 Å². The van der Waals surface area contributed by atoms with Crippen LogP contribution in [0.1, 0.15) is 18.6 Å². The summed E-state index contributed by atoms with van der Waals surface area (Å²) in [4.78, 5) is 22.4. The van der Waals surface area contributed by atoms with Gasteiger partial charge < -0.3 is 4.52 Å². The van der Waals surface area contributed by atoms with Gasteiger partial charge in [0.15, 0.2) is 5.82 Å². The molecule has 0 saturated carbocycles. The summed E-state index contributed by atoms with van der Waals surface area (Å²) >= 11 is 1.45. The topological polar surface area (TPSA) is 73.8 Å². The minimum atomic E-state index is -0.0940. The molecule has 0 aliphatic rings. The van der Waals surface area contributed by atoms with Crippen LogP contribution in [0.25, 0.3) is 20.7 Å². The third kappa shape index (κ3) is 2.63. The number of nitrogens with zero attached hydrogens (tertiary/aromatic N) is 4. The van der Waals surface area contributed by atoms with Gasteiger partial charge in [-0.2, -0.15) is 4.98 Å². The van der Waals surface area contributed by atoms with Gasteiger partial charge in [-0.25, -0.2) is 4.98 Å². The van der Waals surface area contributed by atoms with E-state index in [1.165, 1.54) is 22.2 Å². The fourth-order valence-electron chi connectivity index (χ4n) is 2.45. The zero-order valence-corrected chi connectivity index (χ0v) is 13.8. The number of rotatable bonds is 4. The van der Waals surface area contributed by atoms with Crippen molar-refractivity contribution in [1.29, 1.82) is 0 Å². The van der Waals surface area contributed by atoms with Gasteiger partial charge in [-0.3, -0.25) is 9.36 Å². The van der Waals surface area contributed by atoms with Crippen LogP contribution in [0.15, 0.2) is 52.0 Å². The van der Waals surface area contributed by atoms with Crippen molar-refractivity contribution in [3.05, 3.63) is 64.8 Å². The zero-order valence-electron chi connectivity index (χ0n) is 13.0. The maximum atomic E-state index is 12.7. The van der Waals surface area contributed by atoms with Crippen LogP contribution in [0.5, 0.6) is 0 Å². The standard InChI is InChI=1S/C17H14N4O2S/c1-2-14-19-15(23-20-14)9-21-10-18-12-8-13(24-16(12)17(21)22)11-6-4-3-5-7-11/h3-8,10H,2,9H2,1H3. The summed E-state index contributed by atoms with van der Waals surface area (Å²) in [6.07, 6.45) is 2.23. The maximum Gasteiger partial charge on any atom is 0.271 e. The lowest BCUT2D eigenvalue weighted by molar-refractivity contribution is 0.365. The number of thiophene rings is 1. The predicted molar refractivity (Wildman–Crippen MR) is 92.1 cm³/mol. The Balaban J connectivity index is 1.73. The van der Waals surface area contributed by atoms with Crippen LogP contribution in [-0.2, 0) is 13.0 Å². The molecular formula is C17H14N4O2S. The van der Waals surface area contributed by atoms with E-state index in [4.69, 9.17) is 4.52 Å². The van der Waals surface area contributed by atoms with Crippen molar-refractivity contribution in [2.75, 3.05) is 0 Å². The van der Waals surface area contributed by atoms with Crippen LogP contribution < -0.4 is 5.56 Å². The molecule has 4 aromatic rings. The van der Waals surface area contributed by atoms with Crippen molar-refractivity contribution in [3.8, 4) is 10.4 Å². The first kappa shape index (κ1) is 14.8. The van der Waals surface area contributed by atoms with Crippen molar-refractivity contribution < 1.29 is 4.52 Å². The Bertz CT molecular complexity index is 1050. The average Bonchev–Trinajstić information content (AvgIpc) is 3.25. The van der Waals surface area contributed by atoms with Crippen LogP contribution >= 0.6 is 11.3 Å². The lowest BCUT2D eigenvalue weighted by Gasteiger charge is -2.00. The largest absolute Gasteiger partial charge is 0.337 e. The summed E-state index contributed by atoms with van der Waals surface area (Å²) in [6.45, 7) is 2.18. The van der Waals surface area contributed by atoms with E-state index >= 15 is 0 Å². The third-order valence-electron chi connectivity index (χ3n) is 3.69. The van der Waals surface area contributed by atoms with Gasteiger partial charge in [-0.05, 0) is 11.6 Å². The molecule has 0 atom stereocenters. The molecule has 0 unspecified atom stereocenters.